The van der Waals surface area contributed by atoms with Crippen LogP contribution in [-0.2, 0) is 6.54 Å². The molecule has 6 nitrogen and oxygen atoms in total. The van der Waals surface area contributed by atoms with Crippen molar-refractivity contribution in [3.8, 4) is 0 Å². The summed E-state index contributed by atoms with van der Waals surface area (Å²) in [4.78, 5) is 10.1. The number of aliphatic hydroxyl groups is 2. The highest BCUT2D eigenvalue weighted by Crippen LogP contribution is 2.21. The zero-order valence-corrected chi connectivity index (χ0v) is 13.1. The van der Waals surface area contributed by atoms with Gasteiger partial charge in [0.1, 0.15) is 5.82 Å². The van der Waals surface area contributed by atoms with Crippen molar-refractivity contribution in [2.45, 2.75) is 25.6 Å². The summed E-state index contributed by atoms with van der Waals surface area (Å²) in [6.45, 7) is 1.62. The molecule has 0 fully saturated rings. The quantitative estimate of drug-likeness (QED) is 0.533. The fourth-order valence-electron chi connectivity index (χ4n) is 2.38. The SMILES string of the molecule is Cc1ccc(F)c(CN[C@@H](CO)[C@@H](O)c2ccc([N+](=O)[O-])cc2)c1. The molecule has 2 aromatic rings. The van der Waals surface area contributed by atoms with E-state index in [1.165, 1.54) is 30.3 Å². The van der Waals surface area contributed by atoms with E-state index in [9.17, 15) is 24.7 Å². The molecule has 2 rings (SSSR count). The maximum atomic E-state index is 13.7. The number of aryl methyl sites for hydroxylation is 1. The molecule has 0 bridgehead atoms. The van der Waals surface area contributed by atoms with Crippen LogP contribution >= 0.6 is 0 Å². The monoisotopic (exact) mass is 334 g/mol. The molecule has 0 heterocycles. The van der Waals surface area contributed by atoms with E-state index in [1.807, 2.05) is 6.92 Å². The van der Waals surface area contributed by atoms with Crippen molar-refractivity contribution in [1.82, 2.24) is 5.32 Å². The summed E-state index contributed by atoms with van der Waals surface area (Å²) in [7, 11) is 0. The lowest BCUT2D eigenvalue weighted by Gasteiger charge is -2.23. The third-order valence-corrected chi connectivity index (χ3v) is 3.78. The average Bonchev–Trinajstić information content (AvgIpc) is 2.58. The minimum atomic E-state index is -1.08. The largest absolute Gasteiger partial charge is 0.395 e. The summed E-state index contributed by atoms with van der Waals surface area (Å²) in [5, 5.41) is 33.4. The molecule has 0 spiro atoms. The minimum absolute atomic E-state index is 0.0821. The van der Waals surface area contributed by atoms with Gasteiger partial charge in [0.15, 0.2) is 0 Å². The normalized spacial score (nSPS) is 13.5. The van der Waals surface area contributed by atoms with Crippen LogP contribution in [0.2, 0.25) is 0 Å². The minimum Gasteiger partial charge on any atom is -0.395 e. The van der Waals surface area contributed by atoms with Crippen LogP contribution in [-0.4, -0.2) is 27.8 Å². The molecule has 0 saturated carbocycles. The summed E-state index contributed by atoms with van der Waals surface area (Å²) in [5.41, 5.74) is 1.69. The second-order valence-corrected chi connectivity index (χ2v) is 5.56. The van der Waals surface area contributed by atoms with Gasteiger partial charge in [-0.2, -0.15) is 0 Å². The van der Waals surface area contributed by atoms with Gasteiger partial charge in [0.25, 0.3) is 5.69 Å². The third kappa shape index (κ3) is 4.35. The highest BCUT2D eigenvalue weighted by molar-refractivity contribution is 5.34. The Bertz CT molecular complexity index is 706. The number of nitro groups is 1. The first-order chi connectivity index (χ1) is 11.4. The van der Waals surface area contributed by atoms with E-state index in [1.54, 1.807) is 12.1 Å². The van der Waals surface area contributed by atoms with Crippen molar-refractivity contribution in [3.63, 3.8) is 0 Å². The van der Waals surface area contributed by atoms with Gasteiger partial charge >= 0.3 is 0 Å². The molecule has 0 radical (unpaired) electrons. The third-order valence-electron chi connectivity index (χ3n) is 3.78. The molecule has 3 N–H and O–H groups in total. The predicted octanol–water partition coefficient (Wildman–Crippen LogP) is 2.23. The van der Waals surface area contributed by atoms with E-state index < -0.39 is 17.1 Å². The molecule has 0 amide bonds. The van der Waals surface area contributed by atoms with Crippen LogP contribution in [0.3, 0.4) is 0 Å². The van der Waals surface area contributed by atoms with Crippen LogP contribution < -0.4 is 5.32 Å². The van der Waals surface area contributed by atoms with Crippen molar-refractivity contribution in [3.05, 3.63) is 75.1 Å². The van der Waals surface area contributed by atoms with Gasteiger partial charge in [-0.3, -0.25) is 10.1 Å². The van der Waals surface area contributed by atoms with Crippen LogP contribution in [0.1, 0.15) is 22.8 Å². The van der Waals surface area contributed by atoms with Crippen LogP contribution in [0.15, 0.2) is 42.5 Å². The molecule has 0 aliphatic carbocycles. The molecule has 0 saturated heterocycles. The van der Waals surface area contributed by atoms with Gasteiger partial charge in [0.05, 0.1) is 23.7 Å². The number of halogens is 1. The van der Waals surface area contributed by atoms with Gasteiger partial charge in [0, 0.05) is 24.2 Å². The van der Waals surface area contributed by atoms with E-state index >= 15 is 0 Å². The van der Waals surface area contributed by atoms with Gasteiger partial charge in [-0.25, -0.2) is 4.39 Å². The molecule has 0 aromatic heterocycles. The predicted molar refractivity (Wildman–Crippen MR) is 86.9 cm³/mol. The van der Waals surface area contributed by atoms with Crippen molar-refractivity contribution >= 4 is 5.69 Å². The van der Waals surface area contributed by atoms with Crippen molar-refractivity contribution < 1.29 is 19.5 Å². The Morgan fingerprint density at radius 3 is 2.50 bits per heavy atom. The van der Waals surface area contributed by atoms with Gasteiger partial charge < -0.3 is 15.5 Å². The first-order valence-corrected chi connectivity index (χ1v) is 7.44. The molecule has 128 valence electrons. The molecular formula is C17H19FN2O4. The molecule has 0 aliphatic heterocycles. The first-order valence-electron chi connectivity index (χ1n) is 7.44. The van der Waals surface area contributed by atoms with Gasteiger partial charge in [-0.1, -0.05) is 17.7 Å². The maximum Gasteiger partial charge on any atom is 0.269 e. The molecular weight excluding hydrogens is 315 g/mol. The number of nitrogens with one attached hydrogen (secondary N) is 1. The Kier molecular flexibility index (Phi) is 5.97. The number of benzene rings is 2. The lowest BCUT2D eigenvalue weighted by Crippen LogP contribution is -2.37. The van der Waals surface area contributed by atoms with E-state index in [-0.39, 0.29) is 24.7 Å². The van der Waals surface area contributed by atoms with Gasteiger partial charge in [-0.15, -0.1) is 0 Å². The zero-order valence-electron chi connectivity index (χ0n) is 13.1. The van der Waals surface area contributed by atoms with E-state index in [0.717, 1.165) is 5.56 Å². The van der Waals surface area contributed by atoms with E-state index in [4.69, 9.17) is 0 Å². The highest BCUT2D eigenvalue weighted by atomic mass is 19.1. The Morgan fingerprint density at radius 1 is 1.25 bits per heavy atom. The number of aliphatic hydroxyl groups excluding tert-OH is 2. The van der Waals surface area contributed by atoms with E-state index in [2.05, 4.69) is 5.32 Å². The zero-order chi connectivity index (χ0) is 17.7. The molecule has 7 heteroatoms. The Labute approximate surface area is 138 Å². The lowest BCUT2D eigenvalue weighted by atomic mass is 10.0. The van der Waals surface area contributed by atoms with Gasteiger partial charge in [0.2, 0.25) is 0 Å². The lowest BCUT2D eigenvalue weighted by molar-refractivity contribution is -0.384. The standard InChI is InChI=1S/C17H19FN2O4/c1-11-2-7-15(18)13(8-11)9-19-16(10-21)17(22)12-3-5-14(6-4-12)20(23)24/h2-8,16-17,19,21-22H,9-10H2,1H3/t16-,17-/m0/s1. The van der Waals surface area contributed by atoms with Crippen LogP contribution in [0.4, 0.5) is 10.1 Å². The number of hydrogen-bond acceptors (Lipinski definition) is 5. The Morgan fingerprint density at radius 2 is 1.92 bits per heavy atom. The Hall–Kier alpha value is -2.35. The molecule has 2 aromatic carbocycles. The second kappa shape index (κ2) is 7.96. The number of rotatable bonds is 7. The summed E-state index contributed by atoms with van der Waals surface area (Å²) in [6.07, 6.45) is -1.08. The second-order valence-electron chi connectivity index (χ2n) is 5.56. The summed E-state index contributed by atoms with van der Waals surface area (Å²) in [5.74, 6) is -0.366. The molecule has 0 aliphatic rings. The van der Waals surface area contributed by atoms with Crippen LogP contribution in [0, 0.1) is 22.9 Å². The van der Waals surface area contributed by atoms with Crippen molar-refractivity contribution in [2.24, 2.45) is 0 Å². The van der Waals surface area contributed by atoms with Crippen molar-refractivity contribution in [2.75, 3.05) is 6.61 Å². The first kappa shape index (κ1) is 18.0. The van der Waals surface area contributed by atoms with Gasteiger partial charge in [-0.05, 0) is 30.7 Å². The number of hydrogen-bond donors (Lipinski definition) is 3. The highest BCUT2D eigenvalue weighted by Gasteiger charge is 2.21. The van der Waals surface area contributed by atoms with Crippen LogP contribution in [0.5, 0.6) is 0 Å². The number of nitro benzene ring substituents is 1. The maximum absolute atomic E-state index is 13.7. The fourth-order valence-corrected chi connectivity index (χ4v) is 2.38. The van der Waals surface area contributed by atoms with Crippen molar-refractivity contribution in [1.29, 1.82) is 0 Å². The molecule has 0 unspecified atom stereocenters. The smallest absolute Gasteiger partial charge is 0.269 e. The van der Waals surface area contributed by atoms with Crippen LogP contribution in [0.25, 0.3) is 0 Å². The molecule has 24 heavy (non-hydrogen) atoms. The summed E-state index contributed by atoms with van der Waals surface area (Å²) in [6, 6.07) is 9.42. The average molecular weight is 334 g/mol. The van der Waals surface area contributed by atoms with E-state index in [0.29, 0.717) is 11.1 Å². The molecule has 2 atom stereocenters. The topological polar surface area (TPSA) is 95.6 Å². The number of nitrogens with zero attached hydrogens (tertiary/aromatic N) is 1. The fraction of sp³-hybridized carbons (Fsp3) is 0.294. The summed E-state index contributed by atoms with van der Waals surface area (Å²) >= 11 is 0. The summed E-state index contributed by atoms with van der Waals surface area (Å²) < 4.78 is 13.7. The Balaban J connectivity index is 2.07. The number of non-ortho nitro benzene ring substituents is 1.